The van der Waals surface area contributed by atoms with Gasteiger partial charge in [-0.05, 0) is 31.9 Å². The van der Waals surface area contributed by atoms with Crippen molar-refractivity contribution in [1.29, 1.82) is 0 Å². The lowest BCUT2D eigenvalue weighted by Gasteiger charge is -1.86. The van der Waals surface area contributed by atoms with Gasteiger partial charge in [-0.25, -0.2) is 0 Å². The van der Waals surface area contributed by atoms with Crippen LogP contribution in [0.1, 0.15) is 16.2 Å². The van der Waals surface area contributed by atoms with Crippen LogP contribution >= 0.6 is 11.3 Å². The molecule has 0 aliphatic rings. The molecule has 9 heavy (non-hydrogen) atoms. The summed E-state index contributed by atoms with van der Waals surface area (Å²) < 4.78 is 0. The van der Waals surface area contributed by atoms with Crippen molar-refractivity contribution in [3.8, 4) is 0 Å². The summed E-state index contributed by atoms with van der Waals surface area (Å²) >= 11 is 1.87. The number of thiophene rings is 1. The van der Waals surface area contributed by atoms with Gasteiger partial charge in [-0.3, -0.25) is 0 Å². The van der Waals surface area contributed by atoms with Crippen molar-refractivity contribution in [3.63, 3.8) is 0 Å². The average Bonchev–Trinajstić information content (AvgIpc) is 2.17. The zero-order valence-corrected chi connectivity index (χ0v) is 6.50. The fraction of sp³-hybridized carbons (Fsp3) is 0.375. The number of hydrogen-bond donors (Lipinski definition) is 0. The quantitative estimate of drug-likeness (QED) is 0.591. The predicted molar refractivity (Wildman–Crippen MR) is 42.7 cm³/mol. The third-order valence-corrected chi connectivity index (χ3v) is 2.28. The number of hydrogen-bond acceptors (Lipinski definition) is 1. The standard InChI is InChI=1S/C8H11S/c1-3-4-8-6-5-7(2)9-8/h5-6H,1,3-4H2,2H3. The highest BCUT2D eigenvalue weighted by Crippen LogP contribution is 2.15. The molecule has 0 atom stereocenters. The Morgan fingerprint density at radius 2 is 2.33 bits per heavy atom. The van der Waals surface area contributed by atoms with E-state index in [1.54, 1.807) is 0 Å². The maximum absolute atomic E-state index is 3.80. The molecule has 0 aliphatic heterocycles. The SMILES string of the molecule is [CH2]CCc1ccc(C)s1. The Balaban J connectivity index is 2.61. The smallest absolute Gasteiger partial charge is 0.00480 e. The molecule has 1 aromatic rings. The van der Waals surface area contributed by atoms with E-state index in [2.05, 4.69) is 26.0 Å². The van der Waals surface area contributed by atoms with Gasteiger partial charge >= 0.3 is 0 Å². The largest absolute Gasteiger partial charge is 0.146 e. The average molecular weight is 139 g/mol. The molecule has 1 radical (unpaired) electrons. The van der Waals surface area contributed by atoms with Crippen LogP contribution in [0.3, 0.4) is 0 Å². The van der Waals surface area contributed by atoms with E-state index >= 15 is 0 Å². The van der Waals surface area contributed by atoms with Gasteiger partial charge in [-0.15, -0.1) is 11.3 Å². The first kappa shape index (κ1) is 6.81. The highest BCUT2D eigenvalue weighted by atomic mass is 32.1. The second-order valence-electron chi connectivity index (χ2n) is 2.12. The zero-order chi connectivity index (χ0) is 6.69. The Labute approximate surface area is 60.5 Å². The van der Waals surface area contributed by atoms with Crippen molar-refractivity contribution in [2.24, 2.45) is 0 Å². The maximum atomic E-state index is 3.80. The normalized spacial score (nSPS) is 10.0. The van der Waals surface area contributed by atoms with Gasteiger partial charge in [0.2, 0.25) is 0 Å². The van der Waals surface area contributed by atoms with Crippen LogP contribution in [0, 0.1) is 13.8 Å². The van der Waals surface area contributed by atoms with Gasteiger partial charge in [-0.2, -0.15) is 0 Å². The first-order chi connectivity index (χ1) is 4.33. The minimum Gasteiger partial charge on any atom is -0.146 e. The van der Waals surface area contributed by atoms with Crippen LogP contribution in [-0.4, -0.2) is 0 Å². The summed E-state index contributed by atoms with van der Waals surface area (Å²) in [6.07, 6.45) is 2.15. The fourth-order valence-corrected chi connectivity index (χ4v) is 1.73. The Morgan fingerprint density at radius 1 is 1.56 bits per heavy atom. The van der Waals surface area contributed by atoms with Crippen molar-refractivity contribution in [1.82, 2.24) is 0 Å². The highest BCUT2D eigenvalue weighted by molar-refractivity contribution is 7.11. The van der Waals surface area contributed by atoms with E-state index in [4.69, 9.17) is 0 Å². The molecule has 0 bridgehead atoms. The summed E-state index contributed by atoms with van der Waals surface area (Å²) in [4.78, 5) is 2.86. The van der Waals surface area contributed by atoms with Crippen LogP contribution in [0.5, 0.6) is 0 Å². The third-order valence-electron chi connectivity index (χ3n) is 1.22. The molecule has 0 spiro atoms. The van der Waals surface area contributed by atoms with E-state index < -0.39 is 0 Å². The van der Waals surface area contributed by atoms with Crippen molar-refractivity contribution in [3.05, 3.63) is 28.8 Å². The molecule has 49 valence electrons. The molecule has 1 rings (SSSR count). The summed E-state index contributed by atoms with van der Waals surface area (Å²) in [5.74, 6) is 0. The summed E-state index contributed by atoms with van der Waals surface area (Å²) in [5.41, 5.74) is 0. The molecule has 0 saturated heterocycles. The van der Waals surface area contributed by atoms with Crippen molar-refractivity contribution in [2.45, 2.75) is 19.8 Å². The molecule has 0 amide bonds. The number of rotatable bonds is 2. The summed E-state index contributed by atoms with van der Waals surface area (Å²) in [6, 6.07) is 4.35. The lowest BCUT2D eigenvalue weighted by Crippen LogP contribution is -1.72. The van der Waals surface area contributed by atoms with Crippen LogP contribution in [0.4, 0.5) is 0 Å². The minimum absolute atomic E-state index is 1.01. The van der Waals surface area contributed by atoms with Crippen LogP contribution in [0.2, 0.25) is 0 Å². The van der Waals surface area contributed by atoms with Gasteiger partial charge in [0.1, 0.15) is 0 Å². The third kappa shape index (κ3) is 1.83. The first-order valence-corrected chi connectivity index (χ1v) is 3.99. The molecule has 0 aromatic carbocycles. The Kier molecular flexibility index (Phi) is 2.29. The Bertz CT molecular complexity index is 176. The molecule has 0 aliphatic carbocycles. The van der Waals surface area contributed by atoms with E-state index in [1.165, 1.54) is 9.75 Å². The first-order valence-electron chi connectivity index (χ1n) is 3.17. The Morgan fingerprint density at radius 3 is 2.78 bits per heavy atom. The summed E-state index contributed by atoms with van der Waals surface area (Å²) in [6.45, 7) is 5.93. The highest BCUT2D eigenvalue weighted by Gasteiger charge is 1.92. The topological polar surface area (TPSA) is 0 Å². The van der Waals surface area contributed by atoms with Crippen LogP contribution in [-0.2, 0) is 6.42 Å². The van der Waals surface area contributed by atoms with Crippen LogP contribution < -0.4 is 0 Å². The molecular formula is C8H11S. The number of aryl methyl sites for hydroxylation is 2. The lowest BCUT2D eigenvalue weighted by molar-refractivity contribution is 1.03. The van der Waals surface area contributed by atoms with Gasteiger partial charge in [0.15, 0.2) is 0 Å². The molecule has 1 heteroatoms. The van der Waals surface area contributed by atoms with Gasteiger partial charge in [-0.1, -0.05) is 6.92 Å². The maximum Gasteiger partial charge on any atom is 0.00480 e. The lowest BCUT2D eigenvalue weighted by atomic mass is 10.3. The van der Waals surface area contributed by atoms with Gasteiger partial charge < -0.3 is 0 Å². The molecular weight excluding hydrogens is 128 g/mol. The molecule has 0 unspecified atom stereocenters. The summed E-state index contributed by atoms with van der Waals surface area (Å²) in [7, 11) is 0. The van der Waals surface area contributed by atoms with Gasteiger partial charge in [0.25, 0.3) is 0 Å². The van der Waals surface area contributed by atoms with Gasteiger partial charge in [0, 0.05) is 9.75 Å². The Hall–Kier alpha value is -0.300. The van der Waals surface area contributed by atoms with E-state index in [0.717, 1.165) is 12.8 Å². The van der Waals surface area contributed by atoms with Crippen LogP contribution in [0.15, 0.2) is 12.1 Å². The molecule has 0 N–H and O–H groups in total. The molecule has 1 heterocycles. The fourth-order valence-electron chi connectivity index (χ4n) is 0.794. The second-order valence-corrected chi connectivity index (χ2v) is 3.49. The zero-order valence-electron chi connectivity index (χ0n) is 5.68. The monoisotopic (exact) mass is 139 g/mol. The predicted octanol–water partition coefficient (Wildman–Crippen LogP) is 2.82. The molecule has 0 fully saturated rings. The van der Waals surface area contributed by atoms with E-state index in [0.29, 0.717) is 0 Å². The van der Waals surface area contributed by atoms with Crippen molar-refractivity contribution < 1.29 is 0 Å². The van der Waals surface area contributed by atoms with E-state index in [1.807, 2.05) is 11.3 Å². The van der Waals surface area contributed by atoms with Gasteiger partial charge in [0.05, 0.1) is 0 Å². The molecule has 1 aromatic heterocycles. The minimum atomic E-state index is 1.01. The van der Waals surface area contributed by atoms with E-state index in [9.17, 15) is 0 Å². The van der Waals surface area contributed by atoms with E-state index in [-0.39, 0.29) is 0 Å². The molecule has 0 saturated carbocycles. The second kappa shape index (κ2) is 3.02. The molecule has 0 nitrogen and oxygen atoms in total. The van der Waals surface area contributed by atoms with Crippen molar-refractivity contribution in [2.75, 3.05) is 0 Å². The van der Waals surface area contributed by atoms with Crippen LogP contribution in [0.25, 0.3) is 0 Å². The summed E-state index contributed by atoms with van der Waals surface area (Å²) in [5, 5.41) is 0. The van der Waals surface area contributed by atoms with Crippen molar-refractivity contribution >= 4 is 11.3 Å².